The number of carboxylic acid groups (broad SMARTS) is 1. The molecule has 0 aliphatic rings. The van der Waals surface area contributed by atoms with Crippen molar-refractivity contribution in [3.05, 3.63) is 35.5 Å². The highest BCUT2D eigenvalue weighted by Crippen LogP contribution is 2.29. The predicted octanol–water partition coefficient (Wildman–Crippen LogP) is 2.48. The number of rotatable bonds is 3. The first kappa shape index (κ1) is 12.2. The SMILES string of the molecule is CC(C)c1ccc(-c2c(N)n[nH]c2C(=O)O)cc1. The highest BCUT2D eigenvalue weighted by Gasteiger charge is 2.18. The average Bonchev–Trinajstić information content (AvgIpc) is 2.71. The molecule has 1 heterocycles. The number of aromatic carboxylic acids is 1. The Morgan fingerprint density at radius 1 is 1.33 bits per heavy atom. The van der Waals surface area contributed by atoms with Gasteiger partial charge in [0.05, 0.1) is 5.56 Å². The minimum Gasteiger partial charge on any atom is -0.477 e. The number of nitrogen functional groups attached to an aromatic ring is 1. The highest BCUT2D eigenvalue weighted by atomic mass is 16.4. The van der Waals surface area contributed by atoms with Crippen molar-refractivity contribution in [3.8, 4) is 11.1 Å². The number of anilines is 1. The first-order valence-corrected chi connectivity index (χ1v) is 5.68. The molecule has 0 bridgehead atoms. The number of carbonyl (C=O) groups is 1. The summed E-state index contributed by atoms with van der Waals surface area (Å²) in [7, 11) is 0. The molecule has 5 heteroatoms. The summed E-state index contributed by atoms with van der Waals surface area (Å²) in [6.45, 7) is 4.20. The molecule has 18 heavy (non-hydrogen) atoms. The third-order valence-electron chi connectivity index (χ3n) is 2.87. The highest BCUT2D eigenvalue weighted by molar-refractivity contribution is 5.97. The van der Waals surface area contributed by atoms with Crippen LogP contribution in [0, 0.1) is 0 Å². The van der Waals surface area contributed by atoms with E-state index in [1.54, 1.807) is 0 Å². The van der Waals surface area contributed by atoms with Gasteiger partial charge in [-0.05, 0) is 17.0 Å². The van der Waals surface area contributed by atoms with Crippen LogP contribution in [-0.2, 0) is 0 Å². The van der Waals surface area contributed by atoms with Gasteiger partial charge in [0.15, 0.2) is 11.5 Å². The minimum atomic E-state index is -1.07. The summed E-state index contributed by atoms with van der Waals surface area (Å²) >= 11 is 0. The monoisotopic (exact) mass is 245 g/mol. The molecule has 1 aromatic heterocycles. The van der Waals surface area contributed by atoms with Crippen LogP contribution >= 0.6 is 0 Å². The van der Waals surface area contributed by atoms with Gasteiger partial charge in [0.1, 0.15) is 0 Å². The van der Waals surface area contributed by atoms with Gasteiger partial charge in [-0.3, -0.25) is 5.10 Å². The van der Waals surface area contributed by atoms with Gasteiger partial charge in [-0.1, -0.05) is 38.1 Å². The first-order valence-electron chi connectivity index (χ1n) is 5.68. The van der Waals surface area contributed by atoms with E-state index < -0.39 is 5.97 Å². The van der Waals surface area contributed by atoms with Gasteiger partial charge in [0, 0.05) is 0 Å². The summed E-state index contributed by atoms with van der Waals surface area (Å²) in [5, 5.41) is 15.2. The molecule has 94 valence electrons. The maximum Gasteiger partial charge on any atom is 0.354 e. The molecule has 0 spiro atoms. The van der Waals surface area contributed by atoms with Gasteiger partial charge < -0.3 is 10.8 Å². The topological polar surface area (TPSA) is 92.0 Å². The molecule has 0 atom stereocenters. The van der Waals surface area contributed by atoms with Crippen molar-refractivity contribution >= 4 is 11.8 Å². The van der Waals surface area contributed by atoms with E-state index in [9.17, 15) is 4.79 Å². The Bertz CT molecular complexity index is 570. The Kier molecular flexibility index (Phi) is 3.06. The molecule has 0 unspecified atom stereocenters. The van der Waals surface area contributed by atoms with E-state index in [0.717, 1.165) is 5.56 Å². The molecule has 5 nitrogen and oxygen atoms in total. The number of aromatic amines is 1. The number of hydrogen-bond donors (Lipinski definition) is 3. The van der Waals surface area contributed by atoms with Crippen molar-refractivity contribution in [1.82, 2.24) is 10.2 Å². The molecule has 0 saturated heterocycles. The number of nitrogens with one attached hydrogen (secondary N) is 1. The zero-order valence-electron chi connectivity index (χ0n) is 10.3. The Morgan fingerprint density at radius 2 is 1.94 bits per heavy atom. The lowest BCUT2D eigenvalue weighted by Gasteiger charge is -2.07. The Hall–Kier alpha value is -2.30. The second-order valence-corrected chi connectivity index (χ2v) is 4.44. The Labute approximate surface area is 105 Å². The minimum absolute atomic E-state index is 0.0183. The van der Waals surface area contributed by atoms with Crippen LogP contribution in [0.4, 0.5) is 5.82 Å². The number of hydrogen-bond acceptors (Lipinski definition) is 3. The Morgan fingerprint density at radius 3 is 2.44 bits per heavy atom. The van der Waals surface area contributed by atoms with Gasteiger partial charge in [0.25, 0.3) is 0 Å². The largest absolute Gasteiger partial charge is 0.477 e. The van der Waals surface area contributed by atoms with E-state index in [4.69, 9.17) is 10.8 Å². The van der Waals surface area contributed by atoms with E-state index in [-0.39, 0.29) is 11.5 Å². The van der Waals surface area contributed by atoms with Gasteiger partial charge in [0.2, 0.25) is 0 Å². The standard InChI is InChI=1S/C13H15N3O2/c1-7(2)8-3-5-9(6-4-8)10-11(13(17)18)15-16-12(10)14/h3-7H,1-2H3,(H,17,18)(H3,14,15,16). The van der Waals surface area contributed by atoms with Crippen LogP contribution in [0.2, 0.25) is 0 Å². The predicted molar refractivity (Wildman–Crippen MR) is 69.5 cm³/mol. The molecule has 0 radical (unpaired) electrons. The van der Waals surface area contributed by atoms with Crippen LogP contribution in [0.15, 0.2) is 24.3 Å². The molecule has 0 amide bonds. The fraction of sp³-hybridized carbons (Fsp3) is 0.231. The van der Waals surface area contributed by atoms with Crippen LogP contribution in [0.5, 0.6) is 0 Å². The second kappa shape index (κ2) is 4.52. The number of carboxylic acids is 1. The molecule has 1 aromatic carbocycles. The number of nitrogens with two attached hydrogens (primary N) is 1. The van der Waals surface area contributed by atoms with E-state index in [2.05, 4.69) is 24.0 Å². The maximum absolute atomic E-state index is 11.1. The molecular formula is C13H15N3O2. The van der Waals surface area contributed by atoms with E-state index in [0.29, 0.717) is 11.5 Å². The van der Waals surface area contributed by atoms with Crippen LogP contribution < -0.4 is 5.73 Å². The lowest BCUT2D eigenvalue weighted by Crippen LogP contribution is -1.99. The molecule has 0 saturated carbocycles. The number of aromatic nitrogens is 2. The van der Waals surface area contributed by atoms with Crippen molar-refractivity contribution in [1.29, 1.82) is 0 Å². The van der Waals surface area contributed by atoms with Crippen molar-refractivity contribution < 1.29 is 9.90 Å². The fourth-order valence-corrected chi connectivity index (χ4v) is 1.84. The normalized spacial score (nSPS) is 10.8. The molecule has 4 N–H and O–H groups in total. The molecule has 0 aliphatic carbocycles. The summed E-state index contributed by atoms with van der Waals surface area (Å²) < 4.78 is 0. The maximum atomic E-state index is 11.1. The van der Waals surface area contributed by atoms with Gasteiger partial charge in [-0.25, -0.2) is 4.79 Å². The lowest BCUT2D eigenvalue weighted by atomic mass is 9.98. The van der Waals surface area contributed by atoms with Crippen LogP contribution in [-0.4, -0.2) is 21.3 Å². The zero-order chi connectivity index (χ0) is 13.3. The Balaban J connectivity index is 2.48. The summed E-state index contributed by atoms with van der Waals surface area (Å²) in [5.74, 6) is -0.438. The van der Waals surface area contributed by atoms with Crippen LogP contribution in [0.25, 0.3) is 11.1 Å². The quantitative estimate of drug-likeness (QED) is 0.774. The molecule has 0 fully saturated rings. The van der Waals surface area contributed by atoms with Gasteiger partial charge in [-0.15, -0.1) is 0 Å². The van der Waals surface area contributed by atoms with Gasteiger partial charge >= 0.3 is 5.97 Å². The molecule has 0 aliphatic heterocycles. The van der Waals surface area contributed by atoms with Crippen molar-refractivity contribution in [2.75, 3.05) is 5.73 Å². The molecule has 2 aromatic rings. The smallest absolute Gasteiger partial charge is 0.354 e. The number of H-pyrrole nitrogens is 1. The zero-order valence-corrected chi connectivity index (χ0v) is 10.3. The van der Waals surface area contributed by atoms with Crippen molar-refractivity contribution in [2.24, 2.45) is 0 Å². The summed E-state index contributed by atoms with van der Waals surface area (Å²) in [6.07, 6.45) is 0. The second-order valence-electron chi connectivity index (χ2n) is 4.44. The third-order valence-corrected chi connectivity index (χ3v) is 2.87. The van der Waals surface area contributed by atoms with E-state index >= 15 is 0 Å². The average molecular weight is 245 g/mol. The van der Waals surface area contributed by atoms with Crippen LogP contribution in [0.3, 0.4) is 0 Å². The van der Waals surface area contributed by atoms with Crippen LogP contribution in [0.1, 0.15) is 35.8 Å². The number of benzene rings is 1. The summed E-state index contributed by atoms with van der Waals surface area (Å²) in [5.41, 5.74) is 8.11. The number of nitrogens with zero attached hydrogens (tertiary/aromatic N) is 1. The molecule has 2 rings (SSSR count). The van der Waals surface area contributed by atoms with E-state index in [1.165, 1.54) is 5.56 Å². The fourth-order valence-electron chi connectivity index (χ4n) is 1.84. The van der Waals surface area contributed by atoms with Crippen molar-refractivity contribution in [2.45, 2.75) is 19.8 Å². The lowest BCUT2D eigenvalue weighted by molar-refractivity contribution is 0.0691. The summed E-state index contributed by atoms with van der Waals surface area (Å²) in [6, 6.07) is 7.67. The van der Waals surface area contributed by atoms with Crippen molar-refractivity contribution in [3.63, 3.8) is 0 Å². The summed E-state index contributed by atoms with van der Waals surface area (Å²) in [4.78, 5) is 11.1. The first-order chi connectivity index (χ1) is 8.50. The third kappa shape index (κ3) is 2.07. The van der Waals surface area contributed by atoms with Gasteiger partial charge in [-0.2, -0.15) is 5.10 Å². The molecular weight excluding hydrogens is 230 g/mol. The van der Waals surface area contributed by atoms with E-state index in [1.807, 2.05) is 24.3 Å².